The van der Waals surface area contributed by atoms with E-state index in [0.717, 1.165) is 12.8 Å². The van der Waals surface area contributed by atoms with E-state index in [1.54, 1.807) is 13.1 Å². The molecular formula is C18H15F3N4O2. The van der Waals surface area contributed by atoms with Crippen molar-refractivity contribution in [2.24, 2.45) is 0 Å². The molecule has 3 aromatic rings. The average molecular weight is 376 g/mol. The number of nitrogens with one attached hydrogen (secondary N) is 1. The molecular weight excluding hydrogens is 361 g/mol. The van der Waals surface area contributed by atoms with Crippen LogP contribution in [0.25, 0.3) is 17.1 Å². The Morgan fingerprint density at radius 1 is 1.22 bits per heavy atom. The molecule has 0 amide bonds. The molecule has 9 heteroatoms. The van der Waals surface area contributed by atoms with Crippen molar-refractivity contribution >= 4 is 0 Å². The maximum absolute atomic E-state index is 12.4. The Balaban J connectivity index is 1.77. The molecule has 4 rings (SSSR count). The van der Waals surface area contributed by atoms with Gasteiger partial charge in [-0.2, -0.15) is 5.10 Å². The Labute approximate surface area is 151 Å². The third-order valence-electron chi connectivity index (χ3n) is 4.18. The van der Waals surface area contributed by atoms with Gasteiger partial charge >= 0.3 is 6.36 Å². The second kappa shape index (κ2) is 6.26. The van der Waals surface area contributed by atoms with Crippen LogP contribution >= 0.6 is 0 Å². The standard InChI is InChI=1S/C18H15F3N4O2/c1-10-8-15(26)14(9-22-10)17-23-16(11-2-3-11)24-25(17)12-4-6-13(7-5-12)27-18(19,20)21/h4-9,11H,2-3H2,1H3,(H,22,26). The second-order valence-electron chi connectivity index (χ2n) is 6.42. The number of aromatic nitrogens is 4. The van der Waals surface area contributed by atoms with Crippen LogP contribution < -0.4 is 10.2 Å². The lowest BCUT2D eigenvalue weighted by Crippen LogP contribution is -2.17. The Hall–Kier alpha value is -3.10. The zero-order valence-corrected chi connectivity index (χ0v) is 14.2. The molecule has 0 atom stereocenters. The summed E-state index contributed by atoms with van der Waals surface area (Å²) >= 11 is 0. The molecule has 1 N–H and O–H groups in total. The summed E-state index contributed by atoms with van der Waals surface area (Å²) in [5.41, 5.74) is 1.33. The third-order valence-corrected chi connectivity index (χ3v) is 4.18. The molecule has 27 heavy (non-hydrogen) atoms. The van der Waals surface area contributed by atoms with E-state index < -0.39 is 6.36 Å². The predicted octanol–water partition coefficient (Wildman–Crippen LogP) is 3.71. The summed E-state index contributed by atoms with van der Waals surface area (Å²) in [6, 6.07) is 6.75. The zero-order chi connectivity index (χ0) is 19.2. The first-order chi connectivity index (χ1) is 12.8. The minimum atomic E-state index is -4.76. The van der Waals surface area contributed by atoms with Crippen molar-refractivity contribution in [2.75, 3.05) is 0 Å². The van der Waals surface area contributed by atoms with Crippen LogP contribution in [0.2, 0.25) is 0 Å². The number of aromatic amines is 1. The number of benzene rings is 1. The van der Waals surface area contributed by atoms with Crippen LogP contribution in [-0.2, 0) is 0 Å². The van der Waals surface area contributed by atoms with E-state index in [1.807, 2.05) is 0 Å². The van der Waals surface area contributed by atoms with E-state index in [2.05, 4.69) is 19.8 Å². The van der Waals surface area contributed by atoms with E-state index in [-0.39, 0.29) is 17.1 Å². The van der Waals surface area contributed by atoms with Crippen molar-refractivity contribution < 1.29 is 17.9 Å². The maximum Gasteiger partial charge on any atom is 0.573 e. The van der Waals surface area contributed by atoms with Gasteiger partial charge in [-0.1, -0.05) is 0 Å². The van der Waals surface area contributed by atoms with Gasteiger partial charge in [0, 0.05) is 23.9 Å². The lowest BCUT2D eigenvalue weighted by atomic mass is 10.2. The molecule has 1 aromatic carbocycles. The fourth-order valence-corrected chi connectivity index (χ4v) is 2.73. The summed E-state index contributed by atoms with van der Waals surface area (Å²) in [6.45, 7) is 1.77. The molecule has 2 aromatic heterocycles. The molecule has 0 saturated heterocycles. The lowest BCUT2D eigenvalue weighted by molar-refractivity contribution is -0.274. The van der Waals surface area contributed by atoms with Crippen LogP contribution in [0.4, 0.5) is 13.2 Å². The van der Waals surface area contributed by atoms with Crippen LogP contribution in [0.1, 0.15) is 30.3 Å². The van der Waals surface area contributed by atoms with Gasteiger partial charge in [-0.05, 0) is 44.0 Å². The van der Waals surface area contributed by atoms with Crippen molar-refractivity contribution in [3.63, 3.8) is 0 Å². The molecule has 140 valence electrons. The van der Waals surface area contributed by atoms with Gasteiger partial charge < -0.3 is 9.72 Å². The monoisotopic (exact) mass is 376 g/mol. The largest absolute Gasteiger partial charge is 0.573 e. The fourth-order valence-electron chi connectivity index (χ4n) is 2.73. The molecule has 1 aliphatic carbocycles. The number of ether oxygens (including phenoxy) is 1. The number of alkyl halides is 3. The summed E-state index contributed by atoms with van der Waals surface area (Å²) in [4.78, 5) is 19.9. The molecule has 2 heterocycles. The first kappa shape index (κ1) is 17.3. The van der Waals surface area contributed by atoms with Gasteiger partial charge in [-0.25, -0.2) is 9.67 Å². The molecule has 1 aliphatic rings. The van der Waals surface area contributed by atoms with Gasteiger partial charge in [-0.3, -0.25) is 4.79 Å². The Morgan fingerprint density at radius 2 is 1.93 bits per heavy atom. The van der Waals surface area contributed by atoms with E-state index in [0.29, 0.717) is 28.6 Å². The minimum absolute atomic E-state index is 0.209. The summed E-state index contributed by atoms with van der Waals surface area (Å²) in [7, 11) is 0. The molecule has 0 spiro atoms. The summed E-state index contributed by atoms with van der Waals surface area (Å²) in [5.74, 6) is 0.897. The van der Waals surface area contributed by atoms with Gasteiger partial charge in [0.15, 0.2) is 17.1 Å². The van der Waals surface area contributed by atoms with E-state index >= 15 is 0 Å². The van der Waals surface area contributed by atoms with Crippen LogP contribution in [-0.4, -0.2) is 26.1 Å². The van der Waals surface area contributed by atoms with Gasteiger partial charge in [0.1, 0.15) is 5.75 Å². The minimum Gasteiger partial charge on any atom is -0.406 e. The van der Waals surface area contributed by atoms with Crippen molar-refractivity contribution in [1.82, 2.24) is 19.7 Å². The Bertz CT molecular complexity index is 1030. The summed E-state index contributed by atoms with van der Waals surface area (Å²) in [6.07, 6.45) is -1.23. The van der Waals surface area contributed by atoms with Crippen molar-refractivity contribution in [3.8, 4) is 22.8 Å². The average Bonchev–Trinajstić information content (AvgIpc) is 3.34. The number of halogens is 3. The topological polar surface area (TPSA) is 72.8 Å². The number of nitrogens with zero attached hydrogens (tertiary/aromatic N) is 3. The molecule has 1 saturated carbocycles. The number of H-pyrrole nitrogens is 1. The first-order valence-corrected chi connectivity index (χ1v) is 8.33. The van der Waals surface area contributed by atoms with Crippen LogP contribution in [0.15, 0.2) is 41.3 Å². The van der Waals surface area contributed by atoms with Crippen LogP contribution in [0.5, 0.6) is 5.75 Å². The number of hydrogen-bond donors (Lipinski definition) is 1. The van der Waals surface area contributed by atoms with Crippen LogP contribution in [0, 0.1) is 6.92 Å². The lowest BCUT2D eigenvalue weighted by Gasteiger charge is -2.10. The van der Waals surface area contributed by atoms with E-state index in [1.165, 1.54) is 35.0 Å². The number of aryl methyl sites for hydroxylation is 1. The van der Waals surface area contributed by atoms with Gasteiger partial charge in [-0.15, -0.1) is 13.2 Å². The Morgan fingerprint density at radius 3 is 2.52 bits per heavy atom. The summed E-state index contributed by atoms with van der Waals surface area (Å²) in [5, 5.41) is 4.48. The normalized spacial score (nSPS) is 14.4. The van der Waals surface area contributed by atoms with Gasteiger partial charge in [0.05, 0.1) is 11.3 Å². The van der Waals surface area contributed by atoms with E-state index in [9.17, 15) is 18.0 Å². The smallest absolute Gasteiger partial charge is 0.406 e. The summed E-state index contributed by atoms with van der Waals surface area (Å²) < 4.78 is 42.4. The molecule has 0 bridgehead atoms. The predicted molar refractivity (Wildman–Crippen MR) is 90.8 cm³/mol. The third kappa shape index (κ3) is 3.71. The highest BCUT2D eigenvalue weighted by Gasteiger charge is 2.32. The molecule has 6 nitrogen and oxygen atoms in total. The zero-order valence-electron chi connectivity index (χ0n) is 14.2. The second-order valence-corrected chi connectivity index (χ2v) is 6.42. The molecule has 0 aliphatic heterocycles. The molecule has 0 radical (unpaired) electrons. The first-order valence-electron chi connectivity index (χ1n) is 8.33. The van der Waals surface area contributed by atoms with Gasteiger partial charge in [0.25, 0.3) is 0 Å². The van der Waals surface area contributed by atoms with Crippen molar-refractivity contribution in [1.29, 1.82) is 0 Å². The molecule has 0 unspecified atom stereocenters. The maximum atomic E-state index is 12.4. The van der Waals surface area contributed by atoms with Crippen molar-refractivity contribution in [2.45, 2.75) is 32.0 Å². The highest BCUT2D eigenvalue weighted by molar-refractivity contribution is 5.57. The number of rotatable bonds is 4. The number of pyridine rings is 1. The van der Waals surface area contributed by atoms with Gasteiger partial charge in [0.2, 0.25) is 0 Å². The molecule has 1 fully saturated rings. The van der Waals surface area contributed by atoms with Crippen LogP contribution in [0.3, 0.4) is 0 Å². The Kier molecular flexibility index (Phi) is 4.01. The van der Waals surface area contributed by atoms with E-state index in [4.69, 9.17) is 0 Å². The SMILES string of the molecule is Cc1cc(=O)c(-c2nc(C3CC3)nn2-c2ccc(OC(F)(F)F)cc2)c[nH]1. The quantitative estimate of drug-likeness (QED) is 0.754. The van der Waals surface area contributed by atoms with Crippen molar-refractivity contribution in [3.05, 3.63) is 58.3 Å². The highest BCUT2D eigenvalue weighted by Crippen LogP contribution is 2.39. The fraction of sp³-hybridized carbons (Fsp3) is 0.278. The highest BCUT2D eigenvalue weighted by atomic mass is 19.4. The number of hydrogen-bond acceptors (Lipinski definition) is 4.